The van der Waals surface area contributed by atoms with E-state index in [4.69, 9.17) is 0 Å². The van der Waals surface area contributed by atoms with Crippen molar-refractivity contribution >= 4 is 0 Å². The molecule has 14 heavy (non-hydrogen) atoms. The van der Waals surface area contributed by atoms with Gasteiger partial charge in [0.1, 0.15) is 0 Å². The second-order valence-electron chi connectivity index (χ2n) is 2.32. The second-order valence-corrected chi connectivity index (χ2v) is 2.32. The number of rotatable bonds is 1. The Bertz CT molecular complexity index is 378. The minimum atomic E-state index is -2.53. The third-order valence-electron chi connectivity index (χ3n) is 1.48. The molecule has 1 radical (unpaired) electrons. The molecular formula is C9H2F5. The summed E-state index contributed by atoms with van der Waals surface area (Å²) in [5.41, 5.74) is -1.44. The number of hydrogen-bond acceptors (Lipinski definition) is 0. The van der Waals surface area contributed by atoms with Gasteiger partial charge in [-0.3, -0.25) is 0 Å². The van der Waals surface area contributed by atoms with E-state index in [1.165, 1.54) is 5.92 Å². The molecule has 5 heteroatoms. The van der Waals surface area contributed by atoms with Gasteiger partial charge in [-0.25, -0.2) is 22.0 Å². The van der Waals surface area contributed by atoms with Gasteiger partial charge in [0.2, 0.25) is 0 Å². The lowest BCUT2D eigenvalue weighted by molar-refractivity contribution is 0.365. The first-order valence-electron chi connectivity index (χ1n) is 3.34. The standard InChI is InChI=1S/C9H2F5/c1-2-4(10)7-8(13)5(11)3-6(12)9(7)14/h1,4H. The average molecular weight is 205 g/mol. The van der Waals surface area contributed by atoms with E-state index in [0.717, 1.165) is 6.07 Å². The average Bonchev–Trinajstić information content (AvgIpc) is 2.15. The van der Waals surface area contributed by atoms with E-state index in [2.05, 4.69) is 6.42 Å². The lowest BCUT2D eigenvalue weighted by atomic mass is 10.1. The molecule has 73 valence electrons. The summed E-state index contributed by atoms with van der Waals surface area (Å²) in [4.78, 5) is 0. The first kappa shape index (κ1) is 10.5. The van der Waals surface area contributed by atoms with E-state index in [0.29, 0.717) is 0 Å². The fraction of sp³-hybridized carbons (Fsp3) is 0.111. The van der Waals surface area contributed by atoms with E-state index in [9.17, 15) is 22.0 Å². The van der Waals surface area contributed by atoms with Crippen molar-refractivity contribution in [3.05, 3.63) is 34.9 Å². The van der Waals surface area contributed by atoms with E-state index in [-0.39, 0.29) is 0 Å². The van der Waals surface area contributed by atoms with Gasteiger partial charge in [0.25, 0.3) is 0 Å². The zero-order valence-corrected chi connectivity index (χ0v) is 6.54. The smallest absolute Gasteiger partial charge is 0.191 e. The fourth-order valence-electron chi connectivity index (χ4n) is 0.845. The van der Waals surface area contributed by atoms with Gasteiger partial charge in [-0.1, -0.05) is 5.92 Å². The van der Waals surface area contributed by atoms with Gasteiger partial charge in [-0.2, -0.15) is 0 Å². The summed E-state index contributed by atoms with van der Waals surface area (Å²) in [7, 11) is 0. The fourth-order valence-corrected chi connectivity index (χ4v) is 0.845. The summed E-state index contributed by atoms with van der Waals surface area (Å²) < 4.78 is 63.0. The largest absolute Gasteiger partial charge is 0.228 e. The summed E-state index contributed by atoms with van der Waals surface area (Å²) >= 11 is 0. The van der Waals surface area contributed by atoms with Crippen molar-refractivity contribution in [2.75, 3.05) is 0 Å². The van der Waals surface area contributed by atoms with E-state index in [1.807, 2.05) is 0 Å². The van der Waals surface area contributed by atoms with Crippen LogP contribution in [0.2, 0.25) is 0 Å². The molecule has 1 aromatic rings. The lowest BCUT2D eigenvalue weighted by Gasteiger charge is -2.05. The summed E-state index contributed by atoms with van der Waals surface area (Å²) in [5, 5.41) is 0. The maximum atomic E-state index is 12.7. The minimum Gasteiger partial charge on any atom is -0.228 e. The molecule has 0 aromatic heterocycles. The molecule has 0 aliphatic carbocycles. The molecule has 1 atom stereocenters. The molecule has 0 N–H and O–H groups in total. The minimum absolute atomic E-state index is 1.11. The summed E-state index contributed by atoms with van der Waals surface area (Å²) in [5.74, 6) is -6.03. The lowest BCUT2D eigenvalue weighted by Crippen LogP contribution is -2.04. The third-order valence-corrected chi connectivity index (χ3v) is 1.48. The molecule has 0 fully saturated rings. The van der Waals surface area contributed by atoms with Crippen LogP contribution in [-0.4, -0.2) is 0 Å². The Balaban J connectivity index is 3.49. The molecular weight excluding hydrogens is 203 g/mol. The Morgan fingerprint density at radius 2 is 1.50 bits per heavy atom. The monoisotopic (exact) mass is 205 g/mol. The van der Waals surface area contributed by atoms with Crippen LogP contribution in [0.4, 0.5) is 22.0 Å². The van der Waals surface area contributed by atoms with Crippen LogP contribution in [0.1, 0.15) is 11.7 Å². The van der Waals surface area contributed by atoms with Gasteiger partial charge in [0.15, 0.2) is 29.4 Å². The van der Waals surface area contributed by atoms with Crippen LogP contribution in [0.15, 0.2) is 0 Å². The van der Waals surface area contributed by atoms with Crippen molar-refractivity contribution in [3.8, 4) is 12.3 Å². The van der Waals surface area contributed by atoms with Crippen LogP contribution in [0.5, 0.6) is 0 Å². The molecule has 0 amide bonds. The highest BCUT2D eigenvalue weighted by molar-refractivity contribution is 5.28. The highest BCUT2D eigenvalue weighted by Gasteiger charge is 2.24. The number of hydrogen-bond donors (Lipinski definition) is 0. The summed E-state index contributed by atoms with van der Waals surface area (Å²) in [6, 6.07) is 1.11. The first-order valence-corrected chi connectivity index (χ1v) is 3.34. The normalized spacial score (nSPS) is 12.3. The van der Waals surface area contributed by atoms with E-state index < -0.39 is 35.0 Å². The molecule has 1 rings (SSSR count). The Hall–Kier alpha value is -1.57. The molecule has 0 aliphatic rings. The van der Waals surface area contributed by atoms with Crippen LogP contribution < -0.4 is 0 Å². The van der Waals surface area contributed by atoms with E-state index in [1.54, 1.807) is 0 Å². The molecule has 0 bridgehead atoms. The van der Waals surface area contributed by atoms with Crippen LogP contribution >= 0.6 is 0 Å². The zero-order valence-electron chi connectivity index (χ0n) is 6.54. The number of terminal acetylenes is 1. The van der Waals surface area contributed by atoms with Crippen LogP contribution in [0, 0.1) is 41.7 Å². The SMILES string of the molecule is C#CC(F)c1c(F)c(F)[c]c(F)c1F. The van der Waals surface area contributed by atoms with Crippen molar-refractivity contribution < 1.29 is 22.0 Å². The predicted octanol–water partition coefficient (Wildman–Crippen LogP) is 2.69. The maximum Gasteiger partial charge on any atom is 0.191 e. The van der Waals surface area contributed by atoms with Gasteiger partial charge < -0.3 is 0 Å². The van der Waals surface area contributed by atoms with Crippen LogP contribution in [0.25, 0.3) is 0 Å². The molecule has 0 saturated heterocycles. The predicted molar refractivity (Wildman–Crippen MR) is 37.8 cm³/mol. The Labute approximate surface area is 76.4 Å². The maximum absolute atomic E-state index is 12.7. The summed E-state index contributed by atoms with van der Waals surface area (Å²) in [6.45, 7) is 0. The van der Waals surface area contributed by atoms with E-state index >= 15 is 0 Å². The first-order chi connectivity index (χ1) is 6.49. The van der Waals surface area contributed by atoms with Crippen molar-refractivity contribution in [1.82, 2.24) is 0 Å². The van der Waals surface area contributed by atoms with Crippen molar-refractivity contribution in [1.29, 1.82) is 0 Å². The van der Waals surface area contributed by atoms with Crippen molar-refractivity contribution in [2.45, 2.75) is 6.17 Å². The molecule has 0 saturated carbocycles. The molecule has 0 spiro atoms. The molecule has 1 unspecified atom stereocenters. The third kappa shape index (κ3) is 1.55. The van der Waals surface area contributed by atoms with Gasteiger partial charge in [-0.05, 0) is 0 Å². The number of alkyl halides is 1. The number of benzene rings is 1. The van der Waals surface area contributed by atoms with Gasteiger partial charge in [0.05, 0.1) is 11.6 Å². The topological polar surface area (TPSA) is 0 Å². The van der Waals surface area contributed by atoms with Gasteiger partial charge in [-0.15, -0.1) is 6.42 Å². The molecule has 0 aliphatic heterocycles. The molecule has 0 nitrogen and oxygen atoms in total. The van der Waals surface area contributed by atoms with Crippen molar-refractivity contribution in [3.63, 3.8) is 0 Å². The second kappa shape index (κ2) is 3.66. The van der Waals surface area contributed by atoms with Crippen LogP contribution in [-0.2, 0) is 0 Å². The Kier molecular flexibility index (Phi) is 2.75. The molecule has 1 aromatic carbocycles. The van der Waals surface area contributed by atoms with Crippen molar-refractivity contribution in [2.24, 2.45) is 0 Å². The van der Waals surface area contributed by atoms with Gasteiger partial charge >= 0.3 is 0 Å². The van der Waals surface area contributed by atoms with Crippen LogP contribution in [0.3, 0.4) is 0 Å². The Morgan fingerprint density at radius 3 is 1.86 bits per heavy atom. The highest BCUT2D eigenvalue weighted by Crippen LogP contribution is 2.26. The number of halogens is 5. The molecule has 0 heterocycles. The summed E-state index contributed by atoms with van der Waals surface area (Å²) in [6.07, 6.45) is 1.99. The van der Waals surface area contributed by atoms with Gasteiger partial charge in [0, 0.05) is 0 Å². The highest BCUT2D eigenvalue weighted by atomic mass is 19.2. The zero-order chi connectivity index (χ0) is 10.9. The Morgan fingerprint density at radius 1 is 1.07 bits per heavy atom. The quantitative estimate of drug-likeness (QED) is 0.375.